The second kappa shape index (κ2) is 7.60. The van der Waals surface area contributed by atoms with Crippen LogP contribution in [0.4, 0.5) is 0 Å². The van der Waals surface area contributed by atoms with Crippen LogP contribution in [0.3, 0.4) is 0 Å². The normalized spacial score (nSPS) is 19.8. The molecule has 1 aliphatic carbocycles. The van der Waals surface area contributed by atoms with Crippen molar-refractivity contribution < 1.29 is 8.42 Å². The van der Waals surface area contributed by atoms with Gasteiger partial charge < -0.3 is 5.73 Å². The van der Waals surface area contributed by atoms with Gasteiger partial charge in [-0.25, -0.2) is 8.42 Å². The zero-order chi connectivity index (χ0) is 14.4. The van der Waals surface area contributed by atoms with E-state index in [1.165, 1.54) is 19.3 Å². The molecule has 0 bridgehead atoms. The molecule has 1 aliphatic rings. The summed E-state index contributed by atoms with van der Waals surface area (Å²) in [5, 5.41) is 0. The van der Waals surface area contributed by atoms with E-state index in [1.54, 1.807) is 6.92 Å². The monoisotopic (exact) mass is 290 g/mol. The number of hydrogen-bond acceptors (Lipinski definition) is 4. The van der Waals surface area contributed by atoms with Crippen molar-refractivity contribution >= 4 is 9.84 Å². The zero-order valence-electron chi connectivity index (χ0n) is 12.5. The maximum absolute atomic E-state index is 11.6. The maximum atomic E-state index is 11.6. The highest BCUT2D eigenvalue weighted by atomic mass is 32.2. The molecule has 0 atom stereocenters. The van der Waals surface area contributed by atoms with Crippen molar-refractivity contribution in [2.45, 2.75) is 57.9 Å². The maximum Gasteiger partial charge on any atom is 0.150 e. The molecule has 0 saturated heterocycles. The van der Waals surface area contributed by atoms with Crippen LogP contribution in [0.15, 0.2) is 0 Å². The number of likely N-dealkylation sites (N-methyl/N-ethyl adjacent to an activating group) is 1. The average molecular weight is 290 g/mol. The molecule has 0 aromatic rings. The van der Waals surface area contributed by atoms with Crippen LogP contribution >= 0.6 is 0 Å². The van der Waals surface area contributed by atoms with Gasteiger partial charge in [0.1, 0.15) is 9.84 Å². The van der Waals surface area contributed by atoms with Crippen LogP contribution in [-0.2, 0) is 9.84 Å². The van der Waals surface area contributed by atoms with E-state index in [0.29, 0.717) is 12.3 Å². The fraction of sp³-hybridized carbons (Fsp3) is 1.00. The molecule has 0 aliphatic heterocycles. The van der Waals surface area contributed by atoms with Gasteiger partial charge in [0.25, 0.3) is 0 Å². The quantitative estimate of drug-likeness (QED) is 0.740. The highest BCUT2D eigenvalue weighted by Crippen LogP contribution is 2.32. The Morgan fingerprint density at radius 2 is 1.79 bits per heavy atom. The van der Waals surface area contributed by atoms with Crippen molar-refractivity contribution in [2.75, 3.05) is 31.1 Å². The van der Waals surface area contributed by atoms with Gasteiger partial charge in [-0.1, -0.05) is 33.1 Å². The Balaban J connectivity index is 2.56. The van der Waals surface area contributed by atoms with Gasteiger partial charge in [-0.15, -0.1) is 0 Å². The number of nitrogens with two attached hydrogens (primary N) is 1. The van der Waals surface area contributed by atoms with Crippen LogP contribution in [0, 0.1) is 0 Å². The molecule has 0 radical (unpaired) electrons. The van der Waals surface area contributed by atoms with Gasteiger partial charge >= 0.3 is 0 Å². The molecule has 0 heterocycles. The van der Waals surface area contributed by atoms with Gasteiger partial charge in [-0.05, 0) is 32.4 Å². The summed E-state index contributed by atoms with van der Waals surface area (Å²) < 4.78 is 23.1. The van der Waals surface area contributed by atoms with Gasteiger partial charge in [0.15, 0.2) is 0 Å². The van der Waals surface area contributed by atoms with Crippen LogP contribution < -0.4 is 5.73 Å². The Bertz CT molecular complexity index is 348. The second-order valence-electron chi connectivity index (χ2n) is 5.66. The standard InChI is InChI=1S/C14H30N2O2S/c1-3-16(11-8-12-19(17,18)4-2)14(13-15)9-6-5-7-10-14/h3-13,15H2,1-2H3. The summed E-state index contributed by atoms with van der Waals surface area (Å²) >= 11 is 0. The molecule has 4 nitrogen and oxygen atoms in total. The summed E-state index contributed by atoms with van der Waals surface area (Å²) in [5.41, 5.74) is 6.17. The van der Waals surface area contributed by atoms with E-state index in [9.17, 15) is 8.42 Å². The Labute approximate surface area is 118 Å². The molecule has 1 rings (SSSR count). The second-order valence-corrected chi connectivity index (χ2v) is 8.13. The minimum Gasteiger partial charge on any atom is -0.329 e. The minimum atomic E-state index is -2.84. The van der Waals surface area contributed by atoms with Crippen LogP contribution in [-0.4, -0.2) is 50.0 Å². The summed E-state index contributed by atoms with van der Waals surface area (Å²) in [6.45, 7) is 6.38. The van der Waals surface area contributed by atoms with Crippen LogP contribution in [0.2, 0.25) is 0 Å². The van der Waals surface area contributed by atoms with E-state index >= 15 is 0 Å². The van der Waals surface area contributed by atoms with E-state index in [2.05, 4.69) is 11.8 Å². The molecule has 0 aromatic carbocycles. The molecule has 1 fully saturated rings. The topological polar surface area (TPSA) is 63.4 Å². The molecule has 2 N–H and O–H groups in total. The molecular weight excluding hydrogens is 260 g/mol. The van der Waals surface area contributed by atoms with Gasteiger partial charge in [0, 0.05) is 17.8 Å². The average Bonchev–Trinajstić information content (AvgIpc) is 2.44. The van der Waals surface area contributed by atoms with Gasteiger partial charge in [-0.3, -0.25) is 4.90 Å². The third-order valence-corrected chi connectivity index (χ3v) is 6.33. The SMILES string of the molecule is CCN(CCCS(=O)(=O)CC)C1(CN)CCCCC1. The van der Waals surface area contributed by atoms with Crippen LogP contribution in [0.25, 0.3) is 0 Å². The Kier molecular flexibility index (Phi) is 6.77. The molecule has 0 amide bonds. The third kappa shape index (κ3) is 4.72. The largest absolute Gasteiger partial charge is 0.329 e. The predicted molar refractivity (Wildman–Crippen MR) is 81.1 cm³/mol. The summed E-state index contributed by atoms with van der Waals surface area (Å²) in [6.07, 6.45) is 6.87. The van der Waals surface area contributed by atoms with Crippen molar-refractivity contribution in [1.29, 1.82) is 0 Å². The Morgan fingerprint density at radius 3 is 2.26 bits per heavy atom. The zero-order valence-corrected chi connectivity index (χ0v) is 13.3. The van der Waals surface area contributed by atoms with Gasteiger partial charge in [-0.2, -0.15) is 0 Å². The predicted octanol–water partition coefficient (Wildman–Crippen LogP) is 1.79. The van der Waals surface area contributed by atoms with Gasteiger partial charge in [0.05, 0.1) is 5.75 Å². The molecule has 5 heteroatoms. The van der Waals surface area contributed by atoms with Crippen molar-refractivity contribution in [3.8, 4) is 0 Å². The summed E-state index contributed by atoms with van der Waals surface area (Å²) in [5.74, 6) is 0.557. The number of rotatable bonds is 8. The van der Waals surface area contributed by atoms with E-state index in [1.807, 2.05) is 0 Å². The van der Waals surface area contributed by atoms with E-state index in [0.717, 1.165) is 32.4 Å². The molecule has 0 aromatic heterocycles. The summed E-state index contributed by atoms with van der Waals surface area (Å²) in [6, 6.07) is 0. The van der Waals surface area contributed by atoms with Crippen molar-refractivity contribution in [3.05, 3.63) is 0 Å². The minimum absolute atomic E-state index is 0.128. The van der Waals surface area contributed by atoms with Crippen molar-refractivity contribution in [2.24, 2.45) is 5.73 Å². The molecule has 0 unspecified atom stereocenters. The van der Waals surface area contributed by atoms with Crippen molar-refractivity contribution in [1.82, 2.24) is 4.90 Å². The van der Waals surface area contributed by atoms with Crippen molar-refractivity contribution in [3.63, 3.8) is 0 Å². The highest BCUT2D eigenvalue weighted by Gasteiger charge is 2.35. The number of hydrogen-bond donors (Lipinski definition) is 1. The lowest BCUT2D eigenvalue weighted by Gasteiger charge is -2.45. The first-order valence-corrected chi connectivity index (χ1v) is 9.47. The first kappa shape index (κ1) is 16.9. The molecular formula is C14H30N2O2S. The van der Waals surface area contributed by atoms with E-state index in [4.69, 9.17) is 5.73 Å². The molecule has 1 saturated carbocycles. The molecule has 19 heavy (non-hydrogen) atoms. The van der Waals surface area contributed by atoms with Crippen LogP contribution in [0.1, 0.15) is 52.4 Å². The lowest BCUT2D eigenvalue weighted by molar-refractivity contribution is 0.0621. The highest BCUT2D eigenvalue weighted by molar-refractivity contribution is 7.91. The van der Waals surface area contributed by atoms with Crippen LogP contribution in [0.5, 0.6) is 0 Å². The Hall–Kier alpha value is -0.130. The third-order valence-electron chi connectivity index (χ3n) is 4.54. The van der Waals surface area contributed by atoms with Gasteiger partial charge in [0.2, 0.25) is 0 Å². The fourth-order valence-electron chi connectivity index (χ4n) is 3.21. The smallest absolute Gasteiger partial charge is 0.150 e. The first-order valence-electron chi connectivity index (χ1n) is 7.65. The van der Waals surface area contributed by atoms with E-state index in [-0.39, 0.29) is 11.3 Å². The Morgan fingerprint density at radius 1 is 1.16 bits per heavy atom. The fourth-order valence-corrected chi connectivity index (χ4v) is 4.07. The molecule has 114 valence electrons. The number of sulfone groups is 1. The molecule has 0 spiro atoms. The van der Waals surface area contributed by atoms with E-state index < -0.39 is 9.84 Å². The number of nitrogens with zero attached hydrogens (tertiary/aromatic N) is 1. The lowest BCUT2D eigenvalue weighted by Crippen LogP contribution is -2.55. The summed E-state index contributed by atoms with van der Waals surface area (Å²) in [7, 11) is -2.84. The lowest BCUT2D eigenvalue weighted by atomic mass is 9.80. The first-order chi connectivity index (χ1) is 8.99. The summed E-state index contributed by atoms with van der Waals surface area (Å²) in [4.78, 5) is 2.43.